The van der Waals surface area contributed by atoms with Crippen LogP contribution in [0.5, 0.6) is 0 Å². The van der Waals surface area contributed by atoms with E-state index in [1.165, 1.54) is 22.7 Å². The molecule has 4 heteroatoms. The van der Waals surface area contributed by atoms with Crippen molar-refractivity contribution >= 4 is 5.52 Å². The maximum absolute atomic E-state index is 12.8. The van der Waals surface area contributed by atoms with Crippen LogP contribution in [0.3, 0.4) is 0 Å². The third kappa shape index (κ3) is 1.29. The van der Waals surface area contributed by atoms with Crippen molar-refractivity contribution in [2.45, 2.75) is 6.54 Å². The van der Waals surface area contributed by atoms with Crippen molar-refractivity contribution in [2.24, 2.45) is 5.73 Å². The summed E-state index contributed by atoms with van der Waals surface area (Å²) in [5.41, 5.74) is 6.25. The summed E-state index contributed by atoms with van der Waals surface area (Å²) in [5.74, 6) is -0.357. The first-order valence-corrected chi connectivity index (χ1v) is 4.22. The first kappa shape index (κ1) is 8.90. The van der Waals surface area contributed by atoms with Gasteiger partial charge in [0.25, 0.3) is 5.56 Å². The minimum Gasteiger partial charge on any atom is -0.326 e. The van der Waals surface area contributed by atoms with E-state index in [9.17, 15) is 9.18 Å². The fourth-order valence-corrected chi connectivity index (χ4v) is 1.37. The molecule has 3 nitrogen and oxygen atoms in total. The number of hydrogen-bond acceptors (Lipinski definition) is 2. The second kappa shape index (κ2) is 3.23. The van der Waals surface area contributed by atoms with Crippen molar-refractivity contribution in [3.05, 3.63) is 52.2 Å². The number of hydrogen-bond donors (Lipinski definition) is 1. The fourth-order valence-electron chi connectivity index (χ4n) is 1.37. The Kier molecular flexibility index (Phi) is 2.05. The monoisotopic (exact) mass is 192 g/mol. The van der Waals surface area contributed by atoms with Crippen LogP contribution in [0.25, 0.3) is 5.52 Å². The molecule has 0 unspecified atom stereocenters. The van der Waals surface area contributed by atoms with E-state index in [4.69, 9.17) is 5.73 Å². The molecule has 2 aromatic rings. The van der Waals surface area contributed by atoms with Gasteiger partial charge in [-0.1, -0.05) is 6.07 Å². The Bertz CT molecular complexity index is 533. The van der Waals surface area contributed by atoms with Crippen LogP contribution in [0.2, 0.25) is 0 Å². The van der Waals surface area contributed by atoms with E-state index in [0.717, 1.165) is 0 Å². The van der Waals surface area contributed by atoms with E-state index in [0.29, 0.717) is 11.1 Å². The highest BCUT2D eigenvalue weighted by Gasteiger charge is 2.01. The van der Waals surface area contributed by atoms with Crippen molar-refractivity contribution in [1.82, 2.24) is 4.40 Å². The van der Waals surface area contributed by atoms with Gasteiger partial charge in [0.1, 0.15) is 5.82 Å². The van der Waals surface area contributed by atoms with Gasteiger partial charge in [0.2, 0.25) is 0 Å². The van der Waals surface area contributed by atoms with E-state index < -0.39 is 0 Å². The van der Waals surface area contributed by atoms with E-state index in [-0.39, 0.29) is 17.9 Å². The maximum atomic E-state index is 12.8. The molecule has 0 saturated carbocycles. The quantitative estimate of drug-likeness (QED) is 0.729. The van der Waals surface area contributed by atoms with Crippen molar-refractivity contribution in [1.29, 1.82) is 0 Å². The summed E-state index contributed by atoms with van der Waals surface area (Å²) in [4.78, 5) is 11.6. The van der Waals surface area contributed by atoms with E-state index in [1.807, 2.05) is 0 Å². The van der Waals surface area contributed by atoms with Crippen molar-refractivity contribution in [3.8, 4) is 0 Å². The van der Waals surface area contributed by atoms with Crippen LogP contribution in [0.15, 0.2) is 35.3 Å². The molecule has 0 aliphatic carbocycles. The first-order chi connectivity index (χ1) is 6.72. The summed E-state index contributed by atoms with van der Waals surface area (Å²) in [5, 5.41) is 0. The molecule has 2 heterocycles. The molecule has 2 aromatic heterocycles. The van der Waals surface area contributed by atoms with Crippen LogP contribution < -0.4 is 11.3 Å². The van der Waals surface area contributed by atoms with Gasteiger partial charge in [-0.25, -0.2) is 4.39 Å². The average Bonchev–Trinajstić information content (AvgIpc) is 2.18. The van der Waals surface area contributed by atoms with Gasteiger partial charge in [-0.3, -0.25) is 9.20 Å². The molecule has 0 radical (unpaired) electrons. The SMILES string of the molecule is NCc1ccc2cc(F)ccn2c1=O. The molecular formula is C10H9FN2O. The predicted octanol–water partition coefficient (Wildman–Crippen LogP) is 0.897. The Morgan fingerprint density at radius 1 is 1.36 bits per heavy atom. The second-order valence-corrected chi connectivity index (χ2v) is 3.01. The highest BCUT2D eigenvalue weighted by Crippen LogP contribution is 2.04. The molecule has 0 saturated heterocycles. The lowest BCUT2D eigenvalue weighted by Gasteiger charge is -2.02. The largest absolute Gasteiger partial charge is 0.326 e. The molecule has 0 amide bonds. The Morgan fingerprint density at radius 3 is 2.86 bits per heavy atom. The molecule has 2 rings (SSSR count). The van der Waals surface area contributed by atoms with Gasteiger partial charge in [0, 0.05) is 18.3 Å². The van der Waals surface area contributed by atoms with Gasteiger partial charge in [0.05, 0.1) is 5.52 Å². The van der Waals surface area contributed by atoms with Gasteiger partial charge in [-0.05, 0) is 18.2 Å². The third-order valence-corrected chi connectivity index (χ3v) is 2.12. The molecule has 72 valence electrons. The zero-order chi connectivity index (χ0) is 10.1. The Morgan fingerprint density at radius 2 is 2.14 bits per heavy atom. The van der Waals surface area contributed by atoms with E-state index >= 15 is 0 Å². The van der Waals surface area contributed by atoms with Crippen molar-refractivity contribution < 1.29 is 4.39 Å². The molecule has 0 bridgehead atoms. The minimum absolute atomic E-state index is 0.190. The molecule has 0 aliphatic heterocycles. The van der Waals surface area contributed by atoms with E-state index in [1.54, 1.807) is 12.1 Å². The smallest absolute Gasteiger partial charge is 0.259 e. The molecule has 0 atom stereocenters. The number of fused-ring (bicyclic) bond motifs is 1. The van der Waals surface area contributed by atoms with Gasteiger partial charge in [-0.2, -0.15) is 0 Å². The molecule has 0 spiro atoms. The highest BCUT2D eigenvalue weighted by molar-refractivity contribution is 5.47. The maximum Gasteiger partial charge on any atom is 0.259 e. The van der Waals surface area contributed by atoms with Crippen LogP contribution in [-0.4, -0.2) is 4.40 Å². The summed E-state index contributed by atoms with van der Waals surface area (Å²) in [6.45, 7) is 0.194. The number of aromatic nitrogens is 1. The minimum atomic E-state index is -0.357. The predicted molar refractivity (Wildman–Crippen MR) is 51.5 cm³/mol. The number of halogens is 1. The van der Waals surface area contributed by atoms with Crippen molar-refractivity contribution in [2.75, 3.05) is 0 Å². The van der Waals surface area contributed by atoms with Crippen LogP contribution in [0.4, 0.5) is 4.39 Å². The summed E-state index contributed by atoms with van der Waals surface area (Å²) < 4.78 is 14.2. The molecule has 0 aromatic carbocycles. The summed E-state index contributed by atoms with van der Waals surface area (Å²) in [7, 11) is 0. The van der Waals surface area contributed by atoms with Crippen LogP contribution in [0, 0.1) is 5.82 Å². The zero-order valence-electron chi connectivity index (χ0n) is 7.40. The average molecular weight is 192 g/mol. The molecule has 2 N–H and O–H groups in total. The topological polar surface area (TPSA) is 47.5 Å². The van der Waals surface area contributed by atoms with Crippen LogP contribution in [0.1, 0.15) is 5.56 Å². The lowest BCUT2D eigenvalue weighted by Crippen LogP contribution is -2.20. The normalized spacial score (nSPS) is 10.7. The summed E-state index contributed by atoms with van der Waals surface area (Å²) in [6.07, 6.45) is 1.41. The summed E-state index contributed by atoms with van der Waals surface area (Å²) in [6, 6.07) is 5.85. The number of rotatable bonds is 1. The van der Waals surface area contributed by atoms with Gasteiger partial charge in [0.15, 0.2) is 0 Å². The number of pyridine rings is 2. The first-order valence-electron chi connectivity index (χ1n) is 4.22. The highest BCUT2D eigenvalue weighted by atomic mass is 19.1. The molecule has 0 fully saturated rings. The lowest BCUT2D eigenvalue weighted by molar-refractivity contribution is 0.626. The summed E-state index contributed by atoms with van der Waals surface area (Å²) >= 11 is 0. The number of nitrogens with zero attached hydrogens (tertiary/aromatic N) is 1. The molecular weight excluding hydrogens is 183 g/mol. The van der Waals surface area contributed by atoms with Gasteiger partial charge in [-0.15, -0.1) is 0 Å². The van der Waals surface area contributed by atoms with Gasteiger partial charge < -0.3 is 5.73 Å². The van der Waals surface area contributed by atoms with E-state index in [2.05, 4.69) is 0 Å². The standard InChI is InChI=1S/C10H9FN2O/c11-8-3-4-13-9(5-8)2-1-7(6-12)10(13)14/h1-5H,6,12H2. The molecule has 0 aliphatic rings. The number of nitrogens with two attached hydrogens (primary N) is 1. The van der Waals surface area contributed by atoms with Crippen LogP contribution >= 0.6 is 0 Å². The molecule has 14 heavy (non-hydrogen) atoms. The van der Waals surface area contributed by atoms with Crippen molar-refractivity contribution in [3.63, 3.8) is 0 Å². The fraction of sp³-hybridized carbons (Fsp3) is 0.100. The third-order valence-electron chi connectivity index (χ3n) is 2.12. The van der Waals surface area contributed by atoms with Gasteiger partial charge >= 0.3 is 0 Å². The second-order valence-electron chi connectivity index (χ2n) is 3.01. The zero-order valence-corrected chi connectivity index (χ0v) is 7.40. The Balaban J connectivity index is 2.84. The lowest BCUT2D eigenvalue weighted by atomic mass is 10.2. The Hall–Kier alpha value is -1.68. The Labute approximate surface area is 79.6 Å². The van der Waals surface area contributed by atoms with Crippen LogP contribution in [-0.2, 0) is 6.54 Å².